The molecule has 0 fully saturated rings. The number of anilines is 1. The van der Waals surface area contributed by atoms with Crippen molar-refractivity contribution in [2.45, 2.75) is 33.0 Å². The first-order valence-electron chi connectivity index (χ1n) is 8.64. The van der Waals surface area contributed by atoms with E-state index in [-0.39, 0.29) is 6.04 Å². The highest BCUT2D eigenvalue weighted by atomic mass is 16.5. The van der Waals surface area contributed by atoms with Gasteiger partial charge in [-0.3, -0.25) is 0 Å². The number of aryl methyl sites for hydroxylation is 1. The molecule has 1 N–H and O–H groups in total. The van der Waals surface area contributed by atoms with Crippen molar-refractivity contribution < 1.29 is 9.53 Å². The Morgan fingerprint density at radius 3 is 3.08 bits per heavy atom. The van der Waals surface area contributed by atoms with Crippen LogP contribution in [0.3, 0.4) is 0 Å². The second-order valence-corrected chi connectivity index (χ2v) is 6.17. The molecule has 4 rings (SSSR count). The van der Waals surface area contributed by atoms with Crippen LogP contribution in [0.4, 0.5) is 5.69 Å². The van der Waals surface area contributed by atoms with E-state index in [9.17, 15) is 4.79 Å². The molecule has 0 aliphatic carbocycles. The molecule has 8 nitrogen and oxygen atoms in total. The number of nitrogens with one attached hydrogen (secondary N) is 1. The zero-order valence-corrected chi connectivity index (χ0v) is 14.7. The molecule has 8 heteroatoms. The van der Waals surface area contributed by atoms with Gasteiger partial charge in [0.05, 0.1) is 18.2 Å². The maximum absolute atomic E-state index is 10.9. The summed E-state index contributed by atoms with van der Waals surface area (Å²) in [6.07, 6.45) is 4.41. The average molecular weight is 352 g/mol. The van der Waals surface area contributed by atoms with Gasteiger partial charge in [-0.1, -0.05) is 0 Å². The van der Waals surface area contributed by atoms with Crippen LogP contribution in [0.2, 0.25) is 0 Å². The Labute approximate surface area is 150 Å². The van der Waals surface area contributed by atoms with Crippen molar-refractivity contribution in [1.82, 2.24) is 24.3 Å². The summed E-state index contributed by atoms with van der Waals surface area (Å²) in [7, 11) is 0. The lowest BCUT2D eigenvalue weighted by molar-refractivity contribution is -0.108. The monoisotopic (exact) mass is 352 g/mol. The number of hydrogen-bond acceptors (Lipinski definition) is 6. The Hall–Kier alpha value is -3.16. The van der Waals surface area contributed by atoms with Crippen LogP contribution < -0.4 is 10.1 Å². The van der Waals surface area contributed by atoms with Gasteiger partial charge in [-0.05, 0) is 26.0 Å². The molecule has 0 saturated carbocycles. The fourth-order valence-electron chi connectivity index (χ4n) is 3.07. The topological polar surface area (TPSA) is 86.9 Å². The van der Waals surface area contributed by atoms with Crippen LogP contribution in [0.15, 0.2) is 30.7 Å². The fraction of sp³-hybridized carbons (Fsp3) is 0.333. The molecule has 1 aliphatic heterocycles. The second-order valence-electron chi connectivity index (χ2n) is 6.17. The summed E-state index contributed by atoms with van der Waals surface area (Å²) < 4.78 is 9.81. The molecule has 2 aromatic heterocycles. The third-order valence-corrected chi connectivity index (χ3v) is 4.33. The number of fused-ring (bicyclic) bond motifs is 3. The summed E-state index contributed by atoms with van der Waals surface area (Å²) in [4.78, 5) is 20.0. The number of aromatic nitrogens is 5. The summed E-state index contributed by atoms with van der Waals surface area (Å²) in [6.45, 7) is 5.81. The molecular weight excluding hydrogens is 332 g/mol. The normalized spacial score (nSPS) is 13.9. The molecule has 0 saturated heterocycles. The quantitative estimate of drug-likeness (QED) is 0.709. The van der Waals surface area contributed by atoms with Gasteiger partial charge in [-0.2, -0.15) is 5.10 Å². The maximum Gasteiger partial charge on any atom is 0.178 e. The van der Waals surface area contributed by atoms with Gasteiger partial charge < -0.3 is 19.4 Å². The molecule has 1 atom stereocenters. The molecule has 134 valence electrons. The zero-order chi connectivity index (χ0) is 18.1. The summed E-state index contributed by atoms with van der Waals surface area (Å²) >= 11 is 0. The van der Waals surface area contributed by atoms with Gasteiger partial charge in [0.2, 0.25) is 0 Å². The standard InChI is InChI=1S/C18H20N6O2/c1-3-24-18(19-11-20-24)15-9-23-6-7-26-16-8-13(21-12(2)10-25)4-5-14(16)17(23)22-15/h4-5,8-12,21H,3,6-7H2,1-2H3/t12-/m0/s1. The van der Waals surface area contributed by atoms with Crippen molar-refractivity contribution in [2.75, 3.05) is 11.9 Å². The van der Waals surface area contributed by atoms with Gasteiger partial charge in [0.15, 0.2) is 5.82 Å². The Bertz CT molecular complexity index is 945. The van der Waals surface area contributed by atoms with Crippen molar-refractivity contribution >= 4 is 12.0 Å². The SMILES string of the molecule is CCn1ncnc1-c1cn2c(n1)-c1ccc(N[C@@H](C)C=O)cc1OCC2. The van der Waals surface area contributed by atoms with Gasteiger partial charge in [0, 0.05) is 24.5 Å². The zero-order valence-electron chi connectivity index (χ0n) is 14.7. The average Bonchev–Trinajstić information content (AvgIpc) is 3.25. The van der Waals surface area contributed by atoms with Gasteiger partial charge in [-0.15, -0.1) is 0 Å². The van der Waals surface area contributed by atoms with Crippen LogP contribution >= 0.6 is 0 Å². The molecule has 0 unspecified atom stereocenters. The van der Waals surface area contributed by atoms with Crippen molar-refractivity contribution in [3.63, 3.8) is 0 Å². The largest absolute Gasteiger partial charge is 0.491 e. The van der Waals surface area contributed by atoms with Crippen molar-refractivity contribution in [3.8, 4) is 28.7 Å². The van der Waals surface area contributed by atoms with Crippen LogP contribution in [0.1, 0.15) is 13.8 Å². The smallest absolute Gasteiger partial charge is 0.178 e. The van der Waals surface area contributed by atoms with Gasteiger partial charge in [0.1, 0.15) is 36.5 Å². The van der Waals surface area contributed by atoms with Crippen LogP contribution in [-0.2, 0) is 17.9 Å². The van der Waals surface area contributed by atoms with Gasteiger partial charge >= 0.3 is 0 Å². The molecule has 1 aliphatic rings. The number of benzene rings is 1. The van der Waals surface area contributed by atoms with Crippen LogP contribution in [0, 0.1) is 0 Å². The number of ether oxygens (including phenoxy) is 1. The number of aldehydes is 1. The third-order valence-electron chi connectivity index (χ3n) is 4.33. The summed E-state index contributed by atoms with van der Waals surface area (Å²) in [6, 6.07) is 5.55. The summed E-state index contributed by atoms with van der Waals surface area (Å²) in [5, 5.41) is 7.35. The highest BCUT2D eigenvalue weighted by Crippen LogP contribution is 2.35. The van der Waals surface area contributed by atoms with E-state index in [0.29, 0.717) is 13.2 Å². The van der Waals surface area contributed by atoms with Crippen LogP contribution in [0.25, 0.3) is 22.9 Å². The third kappa shape index (κ3) is 2.83. The van der Waals surface area contributed by atoms with Crippen molar-refractivity contribution in [1.29, 1.82) is 0 Å². The molecule has 26 heavy (non-hydrogen) atoms. The minimum absolute atomic E-state index is 0.257. The fourth-order valence-corrected chi connectivity index (χ4v) is 3.07. The van der Waals surface area contributed by atoms with E-state index < -0.39 is 0 Å². The number of imidazole rings is 1. The number of carbonyl (C=O) groups excluding carboxylic acids is 1. The van der Waals surface area contributed by atoms with E-state index in [1.807, 2.05) is 42.9 Å². The number of carbonyl (C=O) groups is 1. The minimum Gasteiger partial charge on any atom is -0.491 e. The Kier molecular flexibility index (Phi) is 4.16. The van der Waals surface area contributed by atoms with Gasteiger partial charge in [0.25, 0.3) is 0 Å². The molecule has 3 aromatic rings. The van der Waals surface area contributed by atoms with Crippen molar-refractivity contribution in [2.24, 2.45) is 0 Å². The molecule has 3 heterocycles. The maximum atomic E-state index is 10.9. The van der Waals surface area contributed by atoms with Crippen molar-refractivity contribution in [3.05, 3.63) is 30.7 Å². The van der Waals surface area contributed by atoms with E-state index in [0.717, 1.165) is 47.2 Å². The molecule has 0 spiro atoms. The van der Waals surface area contributed by atoms with E-state index in [2.05, 4.69) is 20.0 Å². The van der Waals surface area contributed by atoms with E-state index in [1.165, 1.54) is 0 Å². The minimum atomic E-state index is -0.257. The van der Waals surface area contributed by atoms with E-state index in [4.69, 9.17) is 9.72 Å². The number of nitrogens with zero attached hydrogens (tertiary/aromatic N) is 5. The number of hydrogen-bond donors (Lipinski definition) is 1. The lowest BCUT2D eigenvalue weighted by Gasteiger charge is -2.12. The predicted octanol–water partition coefficient (Wildman–Crippen LogP) is 2.22. The van der Waals surface area contributed by atoms with E-state index in [1.54, 1.807) is 6.33 Å². The number of rotatable bonds is 5. The first-order valence-corrected chi connectivity index (χ1v) is 8.64. The predicted molar refractivity (Wildman–Crippen MR) is 97.0 cm³/mol. The van der Waals surface area contributed by atoms with E-state index >= 15 is 0 Å². The lowest BCUT2D eigenvalue weighted by atomic mass is 10.1. The lowest BCUT2D eigenvalue weighted by Crippen LogP contribution is -2.16. The summed E-state index contributed by atoms with van der Waals surface area (Å²) in [5.41, 5.74) is 2.55. The summed E-state index contributed by atoms with van der Waals surface area (Å²) in [5.74, 6) is 2.35. The second kappa shape index (κ2) is 6.62. The highest BCUT2D eigenvalue weighted by Gasteiger charge is 2.21. The molecular formula is C18H20N6O2. The molecule has 0 amide bonds. The molecule has 0 bridgehead atoms. The van der Waals surface area contributed by atoms with Crippen LogP contribution in [0.5, 0.6) is 5.75 Å². The van der Waals surface area contributed by atoms with Crippen LogP contribution in [-0.4, -0.2) is 43.3 Å². The molecule has 0 radical (unpaired) electrons. The van der Waals surface area contributed by atoms with Gasteiger partial charge in [-0.25, -0.2) is 14.6 Å². The first kappa shape index (κ1) is 16.3. The first-order chi connectivity index (χ1) is 12.7. The Balaban J connectivity index is 1.74. The Morgan fingerprint density at radius 1 is 1.38 bits per heavy atom. The highest BCUT2D eigenvalue weighted by molar-refractivity contribution is 5.73. The molecule has 1 aromatic carbocycles. The Morgan fingerprint density at radius 2 is 2.27 bits per heavy atom.